The van der Waals surface area contributed by atoms with E-state index in [0.29, 0.717) is 5.56 Å². The van der Waals surface area contributed by atoms with Crippen molar-refractivity contribution in [1.82, 2.24) is 0 Å². The Hall–Kier alpha value is -2.27. The molecule has 2 aromatic rings. The lowest BCUT2D eigenvalue weighted by Gasteiger charge is -2.15. The van der Waals surface area contributed by atoms with E-state index in [1.807, 2.05) is 25.1 Å². The summed E-state index contributed by atoms with van der Waals surface area (Å²) in [6.07, 6.45) is 0.970. The molecule has 0 saturated heterocycles. The molecule has 19 heavy (non-hydrogen) atoms. The zero-order chi connectivity index (χ0) is 13.8. The second kappa shape index (κ2) is 5.58. The summed E-state index contributed by atoms with van der Waals surface area (Å²) < 4.78 is 0. The number of nitrogens with one attached hydrogen (secondary N) is 1. The van der Waals surface area contributed by atoms with Gasteiger partial charge in [-0.05, 0) is 49.1 Å². The Morgan fingerprint density at radius 1 is 1.16 bits per heavy atom. The third kappa shape index (κ3) is 2.77. The first kappa shape index (κ1) is 13.2. The van der Waals surface area contributed by atoms with Crippen LogP contribution in [0.2, 0.25) is 0 Å². The Morgan fingerprint density at radius 3 is 2.63 bits per heavy atom. The van der Waals surface area contributed by atoms with Gasteiger partial charge < -0.3 is 5.32 Å². The third-order valence-corrected chi connectivity index (χ3v) is 3.30. The fourth-order valence-electron chi connectivity index (χ4n) is 2.20. The van der Waals surface area contributed by atoms with Gasteiger partial charge in [-0.2, -0.15) is 5.26 Å². The van der Waals surface area contributed by atoms with E-state index >= 15 is 0 Å². The van der Waals surface area contributed by atoms with Crippen molar-refractivity contribution in [3.05, 3.63) is 58.7 Å². The van der Waals surface area contributed by atoms with Crippen molar-refractivity contribution >= 4 is 11.4 Å². The minimum atomic E-state index is 0.685. The number of nitriles is 1. The highest BCUT2D eigenvalue weighted by atomic mass is 14.9. The summed E-state index contributed by atoms with van der Waals surface area (Å²) in [4.78, 5) is 0. The summed E-state index contributed by atoms with van der Waals surface area (Å²) >= 11 is 0. The number of anilines is 2. The zero-order valence-electron chi connectivity index (χ0n) is 11.6. The van der Waals surface area contributed by atoms with Gasteiger partial charge in [-0.1, -0.05) is 31.2 Å². The van der Waals surface area contributed by atoms with Crippen LogP contribution in [-0.2, 0) is 6.42 Å². The van der Waals surface area contributed by atoms with Crippen molar-refractivity contribution in [3.8, 4) is 6.07 Å². The van der Waals surface area contributed by atoms with Gasteiger partial charge in [0.1, 0.15) is 6.07 Å². The van der Waals surface area contributed by atoms with Crippen molar-refractivity contribution in [1.29, 1.82) is 5.26 Å². The van der Waals surface area contributed by atoms with Gasteiger partial charge in [0, 0.05) is 5.69 Å². The molecule has 0 atom stereocenters. The van der Waals surface area contributed by atoms with Gasteiger partial charge in [-0.15, -0.1) is 0 Å². The first-order valence-electron chi connectivity index (χ1n) is 6.52. The molecule has 0 unspecified atom stereocenters. The summed E-state index contributed by atoms with van der Waals surface area (Å²) in [5.74, 6) is 0. The molecule has 2 aromatic carbocycles. The fourth-order valence-corrected chi connectivity index (χ4v) is 2.20. The molecule has 96 valence electrons. The predicted molar refractivity (Wildman–Crippen MR) is 79.7 cm³/mol. The van der Waals surface area contributed by atoms with Crippen molar-refractivity contribution in [2.45, 2.75) is 27.2 Å². The van der Waals surface area contributed by atoms with Gasteiger partial charge in [-0.25, -0.2) is 0 Å². The van der Waals surface area contributed by atoms with Crippen LogP contribution in [0, 0.1) is 25.2 Å². The molecule has 0 aliphatic carbocycles. The lowest BCUT2D eigenvalue weighted by atomic mass is 10.0. The van der Waals surface area contributed by atoms with E-state index in [0.717, 1.165) is 23.4 Å². The second-order valence-electron chi connectivity index (χ2n) is 4.75. The maximum Gasteiger partial charge on any atom is 0.101 e. The van der Waals surface area contributed by atoms with Crippen LogP contribution in [0.5, 0.6) is 0 Å². The number of nitrogens with zero attached hydrogens (tertiary/aromatic N) is 1. The van der Waals surface area contributed by atoms with Gasteiger partial charge in [-0.3, -0.25) is 0 Å². The van der Waals surface area contributed by atoms with E-state index in [-0.39, 0.29) is 0 Å². The smallest absolute Gasteiger partial charge is 0.101 e. The molecule has 0 fully saturated rings. The number of hydrogen-bond donors (Lipinski definition) is 1. The fraction of sp³-hybridized carbons (Fsp3) is 0.235. The highest BCUT2D eigenvalue weighted by molar-refractivity contribution is 5.71. The van der Waals surface area contributed by atoms with Crippen LogP contribution >= 0.6 is 0 Å². The highest BCUT2D eigenvalue weighted by Crippen LogP contribution is 2.27. The summed E-state index contributed by atoms with van der Waals surface area (Å²) in [7, 11) is 0. The van der Waals surface area contributed by atoms with Crippen LogP contribution in [0.1, 0.15) is 29.2 Å². The molecule has 0 heterocycles. The van der Waals surface area contributed by atoms with E-state index in [4.69, 9.17) is 0 Å². The van der Waals surface area contributed by atoms with Crippen LogP contribution in [0.4, 0.5) is 11.4 Å². The average molecular weight is 250 g/mol. The minimum absolute atomic E-state index is 0.685. The number of benzene rings is 2. The van der Waals surface area contributed by atoms with Crippen LogP contribution in [0.25, 0.3) is 0 Å². The molecular formula is C17H18N2. The van der Waals surface area contributed by atoms with Gasteiger partial charge in [0.15, 0.2) is 0 Å². The van der Waals surface area contributed by atoms with Crippen molar-refractivity contribution in [2.24, 2.45) is 0 Å². The van der Waals surface area contributed by atoms with Gasteiger partial charge in [0.25, 0.3) is 0 Å². The third-order valence-electron chi connectivity index (χ3n) is 3.30. The standard InChI is InChI=1S/C17H18N2/c1-4-14-7-5-6-13(3)17(14)19-16-9-8-12(2)10-15(16)11-18/h5-10,19H,4H2,1-3H3. The summed E-state index contributed by atoms with van der Waals surface area (Å²) in [5, 5.41) is 12.6. The molecule has 0 bridgehead atoms. The van der Waals surface area contributed by atoms with Crippen LogP contribution < -0.4 is 5.32 Å². The topological polar surface area (TPSA) is 35.8 Å². The quantitative estimate of drug-likeness (QED) is 0.871. The molecule has 2 heteroatoms. The Balaban J connectivity index is 2.45. The summed E-state index contributed by atoms with van der Waals surface area (Å²) in [5.41, 5.74) is 6.24. The monoisotopic (exact) mass is 250 g/mol. The largest absolute Gasteiger partial charge is 0.354 e. The maximum atomic E-state index is 9.23. The van der Waals surface area contributed by atoms with E-state index in [2.05, 4.69) is 43.4 Å². The van der Waals surface area contributed by atoms with E-state index in [1.54, 1.807) is 0 Å². The Labute approximate surface area is 114 Å². The molecule has 2 rings (SSSR count). The highest BCUT2D eigenvalue weighted by Gasteiger charge is 2.07. The van der Waals surface area contributed by atoms with Crippen molar-refractivity contribution < 1.29 is 0 Å². The molecule has 2 nitrogen and oxygen atoms in total. The average Bonchev–Trinajstić information content (AvgIpc) is 2.42. The molecule has 0 aromatic heterocycles. The molecule has 0 aliphatic heterocycles. The first-order valence-corrected chi connectivity index (χ1v) is 6.52. The predicted octanol–water partition coefficient (Wildman–Crippen LogP) is 4.48. The summed E-state index contributed by atoms with van der Waals surface area (Å²) in [6.45, 7) is 6.22. The van der Waals surface area contributed by atoms with Gasteiger partial charge in [0.05, 0.1) is 11.3 Å². The Kier molecular flexibility index (Phi) is 3.87. The lowest BCUT2D eigenvalue weighted by Crippen LogP contribution is -2.00. The molecule has 1 N–H and O–H groups in total. The molecule has 0 amide bonds. The van der Waals surface area contributed by atoms with Crippen molar-refractivity contribution in [3.63, 3.8) is 0 Å². The Bertz CT molecular complexity index is 636. The normalized spacial score (nSPS) is 10.0. The lowest BCUT2D eigenvalue weighted by molar-refractivity contribution is 1.13. The van der Waals surface area contributed by atoms with Crippen LogP contribution in [0.15, 0.2) is 36.4 Å². The summed E-state index contributed by atoms with van der Waals surface area (Å²) in [6, 6.07) is 14.4. The van der Waals surface area contributed by atoms with Crippen LogP contribution in [0.3, 0.4) is 0 Å². The maximum absolute atomic E-state index is 9.23. The van der Waals surface area contributed by atoms with Gasteiger partial charge in [0.2, 0.25) is 0 Å². The number of hydrogen-bond acceptors (Lipinski definition) is 2. The molecule has 0 spiro atoms. The zero-order valence-corrected chi connectivity index (χ0v) is 11.6. The Morgan fingerprint density at radius 2 is 1.95 bits per heavy atom. The van der Waals surface area contributed by atoms with Gasteiger partial charge >= 0.3 is 0 Å². The second-order valence-corrected chi connectivity index (χ2v) is 4.75. The first-order chi connectivity index (χ1) is 9.15. The van der Waals surface area contributed by atoms with E-state index in [9.17, 15) is 5.26 Å². The van der Waals surface area contributed by atoms with Crippen LogP contribution in [-0.4, -0.2) is 0 Å². The van der Waals surface area contributed by atoms with E-state index in [1.165, 1.54) is 11.1 Å². The van der Waals surface area contributed by atoms with E-state index < -0.39 is 0 Å². The molecule has 0 aliphatic rings. The number of para-hydroxylation sites is 1. The molecule has 0 saturated carbocycles. The minimum Gasteiger partial charge on any atom is -0.354 e. The number of aryl methyl sites for hydroxylation is 3. The SMILES string of the molecule is CCc1cccc(C)c1Nc1ccc(C)cc1C#N. The van der Waals surface area contributed by atoms with Crippen molar-refractivity contribution in [2.75, 3.05) is 5.32 Å². The molecular weight excluding hydrogens is 232 g/mol. The molecule has 0 radical (unpaired) electrons. The number of rotatable bonds is 3.